The Morgan fingerprint density at radius 3 is 2.68 bits per heavy atom. The molecule has 2 aromatic rings. The van der Waals surface area contributed by atoms with Gasteiger partial charge in [-0.05, 0) is 43.3 Å². The highest BCUT2D eigenvalue weighted by atomic mass is 35.5. The van der Waals surface area contributed by atoms with Gasteiger partial charge in [0.2, 0.25) is 0 Å². The van der Waals surface area contributed by atoms with Crippen LogP contribution < -0.4 is 0 Å². The van der Waals surface area contributed by atoms with Crippen LogP contribution >= 0.6 is 34.5 Å². The number of hydrogen-bond donors (Lipinski definition) is 1. The van der Waals surface area contributed by atoms with Crippen LogP contribution in [-0.4, -0.2) is 5.11 Å². The molecule has 0 amide bonds. The molecule has 0 saturated heterocycles. The first-order valence-electron chi connectivity index (χ1n) is 5.80. The highest BCUT2D eigenvalue weighted by molar-refractivity contribution is 7.09. The third-order valence-electron chi connectivity index (χ3n) is 3.03. The van der Waals surface area contributed by atoms with Crippen molar-refractivity contribution in [3.05, 3.63) is 55.9 Å². The molecule has 0 aliphatic rings. The van der Waals surface area contributed by atoms with Crippen molar-refractivity contribution in [2.45, 2.75) is 25.4 Å². The van der Waals surface area contributed by atoms with E-state index in [-0.39, 0.29) is 10.0 Å². The van der Waals surface area contributed by atoms with Gasteiger partial charge in [-0.3, -0.25) is 0 Å². The molecule has 0 saturated carbocycles. The molecule has 2 rings (SSSR count). The number of aryl methyl sites for hydroxylation is 1. The van der Waals surface area contributed by atoms with E-state index in [1.807, 2.05) is 17.5 Å². The van der Waals surface area contributed by atoms with Crippen molar-refractivity contribution in [2.75, 3.05) is 0 Å². The predicted molar refractivity (Wildman–Crippen MR) is 78.6 cm³/mol. The molecular formula is C14H13Cl2FOS. The summed E-state index contributed by atoms with van der Waals surface area (Å²) in [6, 6.07) is 6.50. The van der Waals surface area contributed by atoms with Crippen LogP contribution in [0.15, 0.2) is 29.6 Å². The third kappa shape index (κ3) is 3.48. The molecule has 19 heavy (non-hydrogen) atoms. The molecule has 5 heteroatoms. The van der Waals surface area contributed by atoms with Crippen LogP contribution in [0.25, 0.3) is 0 Å². The van der Waals surface area contributed by atoms with E-state index in [0.717, 1.165) is 0 Å². The Kier molecular flexibility index (Phi) is 4.51. The van der Waals surface area contributed by atoms with Crippen LogP contribution in [0.3, 0.4) is 0 Å². The summed E-state index contributed by atoms with van der Waals surface area (Å²) in [5.41, 5.74) is -0.820. The largest absolute Gasteiger partial charge is 0.385 e. The predicted octanol–water partition coefficient (Wildman–Crippen LogP) is 5.03. The van der Waals surface area contributed by atoms with Gasteiger partial charge in [-0.15, -0.1) is 11.3 Å². The first kappa shape index (κ1) is 14.8. The average Bonchev–Trinajstić information content (AvgIpc) is 2.84. The van der Waals surface area contributed by atoms with Crippen LogP contribution in [0, 0.1) is 5.82 Å². The summed E-state index contributed by atoms with van der Waals surface area (Å²) in [4.78, 5) is 1.17. The third-order valence-corrected chi connectivity index (χ3v) is 4.57. The van der Waals surface area contributed by atoms with Crippen molar-refractivity contribution in [3.8, 4) is 0 Å². The van der Waals surface area contributed by atoms with Gasteiger partial charge in [-0.25, -0.2) is 4.39 Å². The summed E-state index contributed by atoms with van der Waals surface area (Å²) < 4.78 is 13.5. The van der Waals surface area contributed by atoms with Gasteiger partial charge < -0.3 is 5.11 Å². The van der Waals surface area contributed by atoms with Crippen molar-refractivity contribution in [1.82, 2.24) is 0 Å². The molecule has 0 aliphatic heterocycles. The van der Waals surface area contributed by atoms with E-state index in [1.54, 1.807) is 18.3 Å². The van der Waals surface area contributed by atoms with Gasteiger partial charge in [0.25, 0.3) is 0 Å². The molecule has 0 spiro atoms. The standard InChI is InChI=1S/C14H13Cl2FOS/c1-14(18,5-4-9-3-2-6-19-9)10-7-13(17)12(16)8-11(10)15/h2-3,6-8,18H,4-5H2,1H3. The van der Waals surface area contributed by atoms with Crippen molar-refractivity contribution in [3.63, 3.8) is 0 Å². The van der Waals surface area contributed by atoms with Gasteiger partial charge in [0.05, 0.1) is 10.6 Å². The number of aliphatic hydroxyl groups is 1. The second-order valence-electron chi connectivity index (χ2n) is 4.60. The van der Waals surface area contributed by atoms with E-state index in [0.29, 0.717) is 18.4 Å². The van der Waals surface area contributed by atoms with Crippen LogP contribution in [0.5, 0.6) is 0 Å². The van der Waals surface area contributed by atoms with Gasteiger partial charge in [-0.1, -0.05) is 29.3 Å². The summed E-state index contributed by atoms with van der Waals surface area (Å²) >= 11 is 13.3. The minimum atomic E-state index is -1.19. The minimum absolute atomic E-state index is 0.0391. The summed E-state index contributed by atoms with van der Waals surface area (Å²) in [6.45, 7) is 1.63. The van der Waals surface area contributed by atoms with Crippen molar-refractivity contribution >= 4 is 34.5 Å². The summed E-state index contributed by atoms with van der Waals surface area (Å²) in [5, 5.41) is 12.7. The van der Waals surface area contributed by atoms with Gasteiger partial charge >= 0.3 is 0 Å². The molecule has 0 aliphatic carbocycles. The van der Waals surface area contributed by atoms with Crippen LogP contribution in [0.2, 0.25) is 10.0 Å². The lowest BCUT2D eigenvalue weighted by Crippen LogP contribution is -2.22. The summed E-state index contributed by atoms with van der Waals surface area (Å²) in [5.74, 6) is -0.572. The normalized spacial score (nSPS) is 14.4. The molecule has 0 fully saturated rings. The molecule has 1 N–H and O–H groups in total. The van der Waals surface area contributed by atoms with Crippen LogP contribution in [0.4, 0.5) is 4.39 Å². The Hall–Kier alpha value is -0.610. The quantitative estimate of drug-likeness (QED) is 0.783. The maximum absolute atomic E-state index is 13.5. The molecule has 1 heterocycles. The van der Waals surface area contributed by atoms with Gasteiger partial charge in [0, 0.05) is 15.5 Å². The van der Waals surface area contributed by atoms with E-state index in [2.05, 4.69) is 0 Å². The molecule has 102 valence electrons. The number of halogens is 3. The molecule has 1 aromatic carbocycles. The number of hydrogen-bond acceptors (Lipinski definition) is 2. The van der Waals surface area contributed by atoms with E-state index < -0.39 is 11.4 Å². The van der Waals surface area contributed by atoms with Crippen molar-refractivity contribution in [1.29, 1.82) is 0 Å². The second kappa shape index (κ2) is 5.80. The van der Waals surface area contributed by atoms with Gasteiger partial charge in [0.15, 0.2) is 0 Å². The molecule has 1 nitrogen and oxygen atoms in total. The number of benzene rings is 1. The fourth-order valence-electron chi connectivity index (χ4n) is 1.89. The second-order valence-corrected chi connectivity index (χ2v) is 6.45. The minimum Gasteiger partial charge on any atom is -0.385 e. The summed E-state index contributed by atoms with van der Waals surface area (Å²) in [7, 11) is 0. The van der Waals surface area contributed by atoms with Gasteiger partial charge in [0.1, 0.15) is 5.82 Å². The van der Waals surface area contributed by atoms with E-state index in [9.17, 15) is 9.50 Å². The Morgan fingerprint density at radius 2 is 2.05 bits per heavy atom. The first-order valence-corrected chi connectivity index (χ1v) is 7.43. The van der Waals surface area contributed by atoms with E-state index in [4.69, 9.17) is 23.2 Å². The highest BCUT2D eigenvalue weighted by Crippen LogP contribution is 2.35. The van der Waals surface area contributed by atoms with E-state index >= 15 is 0 Å². The number of rotatable bonds is 4. The topological polar surface area (TPSA) is 20.2 Å². The zero-order valence-electron chi connectivity index (χ0n) is 10.3. The Morgan fingerprint density at radius 1 is 1.32 bits per heavy atom. The van der Waals surface area contributed by atoms with Crippen LogP contribution in [-0.2, 0) is 12.0 Å². The molecular weight excluding hydrogens is 306 g/mol. The lowest BCUT2D eigenvalue weighted by molar-refractivity contribution is 0.0481. The maximum atomic E-state index is 13.5. The molecule has 1 unspecified atom stereocenters. The SMILES string of the molecule is CC(O)(CCc1cccs1)c1cc(F)c(Cl)cc1Cl. The van der Waals surface area contributed by atoms with Crippen molar-refractivity contribution < 1.29 is 9.50 Å². The lowest BCUT2D eigenvalue weighted by atomic mass is 9.90. The van der Waals surface area contributed by atoms with Crippen molar-refractivity contribution in [2.24, 2.45) is 0 Å². The molecule has 1 aromatic heterocycles. The molecule has 1 atom stereocenters. The maximum Gasteiger partial charge on any atom is 0.142 e. The fourth-order valence-corrected chi connectivity index (χ4v) is 3.19. The zero-order valence-corrected chi connectivity index (χ0v) is 12.6. The Bertz CT molecular complexity index is 567. The molecule has 0 radical (unpaired) electrons. The van der Waals surface area contributed by atoms with E-state index in [1.165, 1.54) is 17.0 Å². The Labute approximate surface area is 125 Å². The smallest absolute Gasteiger partial charge is 0.142 e. The average molecular weight is 319 g/mol. The van der Waals surface area contributed by atoms with Crippen LogP contribution in [0.1, 0.15) is 23.8 Å². The monoisotopic (exact) mass is 318 g/mol. The Balaban J connectivity index is 2.21. The molecule has 0 bridgehead atoms. The lowest BCUT2D eigenvalue weighted by Gasteiger charge is -2.25. The highest BCUT2D eigenvalue weighted by Gasteiger charge is 2.27. The number of thiophene rings is 1. The first-order chi connectivity index (χ1) is 8.90. The zero-order chi connectivity index (χ0) is 14.0. The summed E-state index contributed by atoms with van der Waals surface area (Å²) in [6.07, 6.45) is 1.18. The van der Waals surface area contributed by atoms with Gasteiger partial charge in [-0.2, -0.15) is 0 Å². The fraction of sp³-hybridized carbons (Fsp3) is 0.286.